The lowest BCUT2D eigenvalue weighted by Crippen LogP contribution is -2.32. The van der Waals surface area contributed by atoms with Crippen LogP contribution < -0.4 is 10.6 Å². The van der Waals surface area contributed by atoms with Crippen LogP contribution in [0.4, 0.5) is 5.82 Å². The highest BCUT2D eigenvalue weighted by molar-refractivity contribution is 6.28. The van der Waals surface area contributed by atoms with Crippen molar-refractivity contribution in [3.63, 3.8) is 0 Å². The monoisotopic (exact) mass is 311 g/mol. The zero-order valence-corrected chi connectivity index (χ0v) is 12.7. The Labute approximate surface area is 127 Å². The Morgan fingerprint density at radius 1 is 1.38 bits per heavy atom. The summed E-state index contributed by atoms with van der Waals surface area (Å²) in [5, 5.41) is 6.03. The fourth-order valence-electron chi connectivity index (χ4n) is 1.74. The van der Waals surface area contributed by atoms with Gasteiger partial charge in [-0.15, -0.1) is 0 Å². The molecule has 2 heterocycles. The maximum absolute atomic E-state index is 11.6. The molecule has 0 atom stereocenters. The summed E-state index contributed by atoms with van der Waals surface area (Å²) in [7, 11) is 3.92. The highest BCUT2D eigenvalue weighted by atomic mass is 35.5. The molecule has 0 saturated carbocycles. The minimum Gasteiger partial charge on any atom is -0.368 e. The summed E-state index contributed by atoms with van der Waals surface area (Å²) in [4.78, 5) is 28.7. The number of carbonyl (C=O) groups excluding carboxylic acids is 1. The fraction of sp³-hybridized carbons (Fsp3) is 0.500. The Kier molecular flexibility index (Phi) is 5.29. The van der Waals surface area contributed by atoms with E-state index in [4.69, 9.17) is 11.6 Å². The van der Waals surface area contributed by atoms with Gasteiger partial charge in [0.2, 0.25) is 11.2 Å². The predicted octanol–water partition coefficient (Wildman–Crippen LogP) is 0.486. The van der Waals surface area contributed by atoms with Crippen molar-refractivity contribution in [1.29, 1.82) is 0 Å². The number of anilines is 1. The quantitative estimate of drug-likeness (QED) is 0.644. The van der Waals surface area contributed by atoms with E-state index < -0.39 is 0 Å². The number of halogens is 1. The first-order valence-electron chi connectivity index (χ1n) is 6.58. The molecule has 0 saturated heterocycles. The van der Waals surface area contributed by atoms with Gasteiger partial charge in [0.1, 0.15) is 5.52 Å². The number of rotatable bonds is 7. The molecule has 1 amide bonds. The van der Waals surface area contributed by atoms with Gasteiger partial charge in [-0.1, -0.05) is 0 Å². The number of nitrogens with zero attached hydrogens (tertiary/aromatic N) is 4. The number of hydrogen-bond donors (Lipinski definition) is 3. The number of amides is 1. The number of aromatic amines is 1. The molecule has 0 bridgehead atoms. The van der Waals surface area contributed by atoms with Crippen molar-refractivity contribution in [3.8, 4) is 0 Å². The molecule has 9 heteroatoms. The topological polar surface area (TPSA) is 98.8 Å². The van der Waals surface area contributed by atoms with E-state index in [0.29, 0.717) is 36.5 Å². The van der Waals surface area contributed by atoms with Crippen molar-refractivity contribution in [2.75, 3.05) is 39.0 Å². The number of aromatic nitrogens is 4. The second-order valence-electron chi connectivity index (χ2n) is 4.77. The number of nitrogens with one attached hydrogen (secondary N) is 3. The SMILES string of the molecule is CN(C)CCNC(=O)CCNc1nc(Cl)nc2nc[nH]c12. The van der Waals surface area contributed by atoms with Gasteiger partial charge in [0, 0.05) is 26.1 Å². The molecule has 8 nitrogen and oxygen atoms in total. The minimum absolute atomic E-state index is 0.00893. The maximum atomic E-state index is 11.6. The number of imidazole rings is 1. The predicted molar refractivity (Wildman–Crippen MR) is 81.4 cm³/mol. The Balaban J connectivity index is 1.82. The molecule has 0 aromatic carbocycles. The number of hydrogen-bond acceptors (Lipinski definition) is 6. The largest absolute Gasteiger partial charge is 0.368 e. The lowest BCUT2D eigenvalue weighted by Gasteiger charge is -2.10. The fourth-order valence-corrected chi connectivity index (χ4v) is 1.90. The van der Waals surface area contributed by atoms with Gasteiger partial charge in [-0.25, -0.2) is 4.98 Å². The van der Waals surface area contributed by atoms with E-state index in [-0.39, 0.29) is 11.2 Å². The van der Waals surface area contributed by atoms with Crippen LogP contribution in [-0.2, 0) is 4.79 Å². The third-order valence-electron chi connectivity index (χ3n) is 2.78. The standard InChI is InChI=1S/C12H18ClN7O/c1-20(2)6-5-14-8(21)3-4-15-10-9-11(17-7-16-9)19-12(13)18-10/h7H,3-6H2,1-2H3,(H,14,21)(H2,15,16,17,18,19). The normalized spacial score (nSPS) is 11.0. The molecule has 114 valence electrons. The first kappa shape index (κ1) is 15.5. The molecular weight excluding hydrogens is 294 g/mol. The van der Waals surface area contributed by atoms with Crippen molar-refractivity contribution in [2.45, 2.75) is 6.42 Å². The van der Waals surface area contributed by atoms with Crippen LogP contribution in [0, 0.1) is 0 Å². The van der Waals surface area contributed by atoms with Crippen LogP contribution in [-0.4, -0.2) is 64.5 Å². The summed E-state index contributed by atoms with van der Waals surface area (Å²) < 4.78 is 0. The second-order valence-corrected chi connectivity index (χ2v) is 5.11. The van der Waals surface area contributed by atoms with Crippen molar-refractivity contribution in [1.82, 2.24) is 30.2 Å². The van der Waals surface area contributed by atoms with Gasteiger partial charge in [0.25, 0.3) is 0 Å². The van der Waals surface area contributed by atoms with Gasteiger partial charge < -0.3 is 20.5 Å². The Bertz CT molecular complexity index is 613. The van der Waals surface area contributed by atoms with E-state index in [0.717, 1.165) is 6.54 Å². The van der Waals surface area contributed by atoms with E-state index in [1.54, 1.807) is 0 Å². The molecule has 0 radical (unpaired) electrons. The first-order chi connectivity index (χ1) is 10.1. The number of likely N-dealkylation sites (N-methyl/N-ethyl adjacent to an activating group) is 1. The summed E-state index contributed by atoms with van der Waals surface area (Å²) in [6.45, 7) is 1.90. The number of fused-ring (bicyclic) bond motifs is 1. The average molecular weight is 312 g/mol. The summed E-state index contributed by atoms with van der Waals surface area (Å²) >= 11 is 5.82. The molecule has 0 aliphatic rings. The van der Waals surface area contributed by atoms with Gasteiger partial charge in [-0.2, -0.15) is 9.97 Å². The minimum atomic E-state index is -0.00893. The van der Waals surface area contributed by atoms with E-state index >= 15 is 0 Å². The van der Waals surface area contributed by atoms with Gasteiger partial charge in [-0.05, 0) is 25.7 Å². The summed E-state index contributed by atoms with van der Waals surface area (Å²) in [5.41, 5.74) is 1.17. The van der Waals surface area contributed by atoms with E-state index in [9.17, 15) is 4.79 Å². The van der Waals surface area contributed by atoms with E-state index in [1.807, 2.05) is 19.0 Å². The Hall–Kier alpha value is -1.93. The van der Waals surface area contributed by atoms with Gasteiger partial charge in [-0.3, -0.25) is 4.79 Å². The molecule has 21 heavy (non-hydrogen) atoms. The summed E-state index contributed by atoms with van der Waals surface area (Å²) in [6, 6.07) is 0. The van der Waals surface area contributed by atoms with Gasteiger partial charge in [0.05, 0.1) is 6.33 Å². The third-order valence-corrected chi connectivity index (χ3v) is 2.95. The molecular formula is C12H18ClN7O. The van der Waals surface area contributed by atoms with Crippen LogP contribution >= 0.6 is 11.6 Å². The van der Waals surface area contributed by atoms with Crippen molar-refractivity contribution in [3.05, 3.63) is 11.6 Å². The summed E-state index contributed by atoms with van der Waals surface area (Å²) in [6.07, 6.45) is 1.87. The smallest absolute Gasteiger partial charge is 0.226 e. The third kappa shape index (κ3) is 4.54. The number of carbonyl (C=O) groups is 1. The molecule has 0 aliphatic carbocycles. The average Bonchev–Trinajstić information content (AvgIpc) is 2.86. The molecule has 0 spiro atoms. The maximum Gasteiger partial charge on any atom is 0.226 e. The molecule has 0 fully saturated rings. The molecule has 0 unspecified atom stereocenters. The first-order valence-corrected chi connectivity index (χ1v) is 6.96. The molecule has 2 aromatic heterocycles. The van der Waals surface area contributed by atoms with Crippen molar-refractivity contribution < 1.29 is 4.79 Å². The van der Waals surface area contributed by atoms with Crippen molar-refractivity contribution >= 4 is 34.5 Å². The summed E-state index contributed by atoms with van der Waals surface area (Å²) in [5.74, 6) is 0.536. The van der Waals surface area contributed by atoms with Crippen LogP contribution in [0.15, 0.2) is 6.33 Å². The van der Waals surface area contributed by atoms with Crippen LogP contribution in [0.3, 0.4) is 0 Å². The lowest BCUT2D eigenvalue weighted by atomic mass is 10.3. The molecule has 2 rings (SSSR count). The highest BCUT2D eigenvalue weighted by Gasteiger charge is 2.09. The van der Waals surface area contributed by atoms with E-state index in [1.165, 1.54) is 6.33 Å². The lowest BCUT2D eigenvalue weighted by molar-refractivity contribution is -0.120. The van der Waals surface area contributed by atoms with Gasteiger partial charge >= 0.3 is 0 Å². The molecule has 3 N–H and O–H groups in total. The van der Waals surface area contributed by atoms with E-state index in [2.05, 4.69) is 30.6 Å². The second kappa shape index (κ2) is 7.19. The molecule has 0 aliphatic heterocycles. The van der Waals surface area contributed by atoms with Crippen LogP contribution in [0.5, 0.6) is 0 Å². The van der Waals surface area contributed by atoms with Crippen LogP contribution in [0.1, 0.15) is 6.42 Å². The van der Waals surface area contributed by atoms with Crippen molar-refractivity contribution in [2.24, 2.45) is 0 Å². The highest BCUT2D eigenvalue weighted by Crippen LogP contribution is 2.18. The zero-order valence-electron chi connectivity index (χ0n) is 12.0. The number of H-pyrrole nitrogens is 1. The Morgan fingerprint density at radius 3 is 2.95 bits per heavy atom. The Morgan fingerprint density at radius 2 is 2.19 bits per heavy atom. The zero-order chi connectivity index (χ0) is 15.2. The van der Waals surface area contributed by atoms with Crippen LogP contribution in [0.2, 0.25) is 5.28 Å². The molecule has 2 aromatic rings. The van der Waals surface area contributed by atoms with Gasteiger partial charge in [0.15, 0.2) is 11.5 Å². The van der Waals surface area contributed by atoms with Crippen LogP contribution in [0.25, 0.3) is 11.2 Å².